The fourth-order valence-corrected chi connectivity index (χ4v) is 4.63. The highest BCUT2D eigenvalue weighted by Gasteiger charge is 2.31. The quantitative estimate of drug-likeness (QED) is 0.477. The summed E-state index contributed by atoms with van der Waals surface area (Å²) in [4.78, 5) is 7.69. The number of hydrogen-bond donors (Lipinski definition) is 1. The number of nitrogens with zero attached hydrogens (tertiary/aromatic N) is 5. The molecule has 0 radical (unpaired) electrons. The summed E-state index contributed by atoms with van der Waals surface area (Å²) in [7, 11) is -0.942. The number of benzene rings is 1. The zero-order valence-electron chi connectivity index (χ0n) is 18.9. The topological polar surface area (TPSA) is 130 Å². The van der Waals surface area contributed by atoms with E-state index >= 15 is 0 Å². The lowest BCUT2D eigenvalue weighted by atomic mass is 10.1. The molecular weight excluding hydrogens is 467 g/mol. The van der Waals surface area contributed by atoms with E-state index < -0.39 is 21.1 Å². The third-order valence-corrected chi connectivity index (χ3v) is 7.21. The second-order valence-corrected chi connectivity index (χ2v) is 9.87. The van der Waals surface area contributed by atoms with Gasteiger partial charge in [0.2, 0.25) is 16.0 Å². The molecule has 11 nitrogen and oxygen atoms in total. The predicted octanol–water partition coefficient (Wildman–Crippen LogP) is 2.09. The largest absolute Gasteiger partial charge is 0.494 e. The molecule has 4 rings (SSSR count). The number of aromatic nitrogens is 5. The van der Waals surface area contributed by atoms with Gasteiger partial charge in [-0.25, -0.2) is 22.8 Å². The molecule has 0 aliphatic carbocycles. The average Bonchev–Trinajstić information content (AvgIpc) is 3.49. The van der Waals surface area contributed by atoms with Crippen molar-refractivity contribution in [3.8, 4) is 17.2 Å². The van der Waals surface area contributed by atoms with Crippen LogP contribution in [0.1, 0.15) is 30.9 Å². The first-order chi connectivity index (χ1) is 16.3. The highest BCUT2D eigenvalue weighted by atomic mass is 32.2. The number of sulfonamides is 1. The van der Waals surface area contributed by atoms with Crippen LogP contribution in [0.5, 0.6) is 11.5 Å². The first-order valence-corrected chi connectivity index (χ1v) is 12.1. The lowest BCUT2D eigenvalue weighted by Gasteiger charge is -2.20. The van der Waals surface area contributed by atoms with Gasteiger partial charge in [0.1, 0.15) is 28.8 Å². The Bertz CT molecular complexity index is 1220. The van der Waals surface area contributed by atoms with E-state index in [0.717, 1.165) is 12.4 Å². The summed E-state index contributed by atoms with van der Waals surface area (Å²) < 4.78 is 60.2. The maximum Gasteiger partial charge on any atom is 0.243 e. The molecule has 3 aromatic rings. The van der Waals surface area contributed by atoms with Crippen LogP contribution in [-0.2, 0) is 21.2 Å². The van der Waals surface area contributed by atoms with Crippen molar-refractivity contribution in [1.82, 2.24) is 24.7 Å². The second-order valence-electron chi connectivity index (χ2n) is 7.77. The van der Waals surface area contributed by atoms with E-state index in [9.17, 15) is 12.8 Å². The molecule has 1 N–H and O–H groups in total. The van der Waals surface area contributed by atoms with E-state index in [-0.39, 0.29) is 24.1 Å². The van der Waals surface area contributed by atoms with Gasteiger partial charge < -0.3 is 14.2 Å². The molecule has 2 atom stereocenters. The van der Waals surface area contributed by atoms with Crippen LogP contribution >= 0.6 is 0 Å². The molecule has 0 amide bonds. The summed E-state index contributed by atoms with van der Waals surface area (Å²) in [5.41, 5.74) is 0.464. The predicted molar refractivity (Wildman–Crippen MR) is 120 cm³/mol. The molecule has 1 aliphatic heterocycles. The van der Waals surface area contributed by atoms with Crippen LogP contribution < -0.4 is 14.2 Å². The van der Waals surface area contributed by atoms with Crippen LogP contribution in [0.3, 0.4) is 0 Å². The lowest BCUT2D eigenvalue weighted by molar-refractivity contribution is 0.193. The molecule has 2 aromatic heterocycles. The molecule has 1 saturated heterocycles. The van der Waals surface area contributed by atoms with Crippen LogP contribution in [-0.4, -0.2) is 65.8 Å². The molecule has 0 bridgehead atoms. The van der Waals surface area contributed by atoms with Gasteiger partial charge in [-0.2, -0.15) is 0 Å². The summed E-state index contributed by atoms with van der Waals surface area (Å²) in [6.07, 6.45) is 2.68. The van der Waals surface area contributed by atoms with E-state index in [1.54, 1.807) is 22.8 Å². The van der Waals surface area contributed by atoms with Gasteiger partial charge in [0, 0.05) is 18.9 Å². The van der Waals surface area contributed by atoms with Crippen molar-refractivity contribution in [1.29, 1.82) is 0 Å². The second kappa shape index (κ2) is 9.89. The average molecular weight is 493 g/mol. The molecule has 1 fully saturated rings. The number of hydrogen-bond acceptors (Lipinski definition) is 9. The van der Waals surface area contributed by atoms with Crippen molar-refractivity contribution in [2.24, 2.45) is 0 Å². The number of halogens is 1. The first kappa shape index (κ1) is 23.8. The normalized spacial score (nSPS) is 16.9. The molecule has 0 spiro atoms. The molecule has 1 aliphatic rings. The molecule has 0 unspecified atom stereocenters. The first-order valence-electron chi connectivity index (χ1n) is 10.6. The SMILES string of the molecule is COc1cccc(OC)c1-n1c(NS(=O)(=O)[C@@H](C)Cc2ncc(F)cn2)nnc1[C@H]1CCOC1. The molecule has 3 heterocycles. The maximum absolute atomic E-state index is 13.2. The summed E-state index contributed by atoms with van der Waals surface area (Å²) >= 11 is 0. The highest BCUT2D eigenvalue weighted by molar-refractivity contribution is 7.93. The summed E-state index contributed by atoms with van der Waals surface area (Å²) in [5, 5.41) is 7.50. The molecule has 182 valence electrons. The van der Waals surface area contributed by atoms with Crippen molar-refractivity contribution in [3.05, 3.63) is 48.1 Å². The zero-order chi connectivity index (χ0) is 24.3. The smallest absolute Gasteiger partial charge is 0.243 e. The van der Waals surface area contributed by atoms with Crippen LogP contribution in [0.4, 0.5) is 10.3 Å². The standard InChI is InChI=1S/C21H25FN6O5S/c1-13(9-18-23-10-15(22)11-24-18)34(29,30)27-21-26-25-20(14-7-8-33-12-14)28(21)19-16(31-2)5-4-6-17(19)32-3/h4-6,10-11,13-14H,7-9,12H2,1-3H3,(H,26,27)/t13-,14-/m0/s1. The van der Waals surface area contributed by atoms with Gasteiger partial charge in [-0.1, -0.05) is 6.07 Å². The van der Waals surface area contributed by atoms with Gasteiger partial charge in [0.15, 0.2) is 5.82 Å². The summed E-state index contributed by atoms with van der Waals surface area (Å²) in [5.74, 6) is 0.921. The third kappa shape index (κ3) is 4.80. The highest BCUT2D eigenvalue weighted by Crippen LogP contribution is 2.38. The monoisotopic (exact) mass is 492 g/mol. The number of para-hydroxylation sites is 1. The number of methoxy groups -OCH3 is 2. The van der Waals surface area contributed by atoms with Gasteiger partial charge in [-0.15, -0.1) is 10.2 Å². The van der Waals surface area contributed by atoms with Crippen LogP contribution in [0, 0.1) is 5.82 Å². The zero-order valence-corrected chi connectivity index (χ0v) is 19.7. The number of anilines is 1. The van der Waals surface area contributed by atoms with Gasteiger partial charge in [0.05, 0.1) is 38.5 Å². The Morgan fingerprint density at radius 2 is 1.88 bits per heavy atom. The summed E-state index contributed by atoms with van der Waals surface area (Å²) in [6, 6.07) is 5.23. The van der Waals surface area contributed by atoms with Crippen LogP contribution in [0.15, 0.2) is 30.6 Å². The number of ether oxygens (including phenoxy) is 3. The van der Waals surface area contributed by atoms with E-state index in [2.05, 4.69) is 24.9 Å². The number of rotatable bonds is 9. The third-order valence-electron chi connectivity index (χ3n) is 5.52. The van der Waals surface area contributed by atoms with Gasteiger partial charge in [0.25, 0.3) is 0 Å². The summed E-state index contributed by atoms with van der Waals surface area (Å²) in [6.45, 7) is 2.50. The Hall–Kier alpha value is -3.32. The van der Waals surface area contributed by atoms with E-state index in [4.69, 9.17) is 14.2 Å². The van der Waals surface area contributed by atoms with Crippen LogP contribution in [0.2, 0.25) is 0 Å². The molecule has 0 saturated carbocycles. The van der Waals surface area contributed by atoms with E-state index in [1.807, 2.05) is 0 Å². The van der Waals surface area contributed by atoms with Crippen molar-refractivity contribution in [2.75, 3.05) is 32.2 Å². The maximum atomic E-state index is 13.2. The molecule has 1 aromatic carbocycles. The molecule has 13 heteroatoms. The van der Waals surface area contributed by atoms with Crippen molar-refractivity contribution >= 4 is 16.0 Å². The van der Waals surface area contributed by atoms with Crippen molar-refractivity contribution in [3.63, 3.8) is 0 Å². The van der Waals surface area contributed by atoms with Crippen molar-refractivity contribution < 1.29 is 27.0 Å². The lowest BCUT2D eigenvalue weighted by Crippen LogP contribution is -2.29. The minimum absolute atomic E-state index is 0.0171. The Morgan fingerprint density at radius 3 is 2.47 bits per heavy atom. The van der Waals surface area contributed by atoms with Crippen LogP contribution in [0.25, 0.3) is 5.69 Å². The Labute approximate surface area is 196 Å². The Kier molecular flexibility index (Phi) is 6.93. The molecular formula is C21H25FN6O5S. The van der Waals surface area contributed by atoms with Crippen molar-refractivity contribution in [2.45, 2.75) is 30.9 Å². The fraction of sp³-hybridized carbons (Fsp3) is 0.429. The van der Waals surface area contributed by atoms with E-state index in [1.165, 1.54) is 21.1 Å². The van der Waals surface area contributed by atoms with Gasteiger partial charge in [-0.3, -0.25) is 9.29 Å². The van der Waals surface area contributed by atoms with Gasteiger partial charge in [-0.05, 0) is 25.5 Å². The van der Waals surface area contributed by atoms with E-state index in [0.29, 0.717) is 42.6 Å². The number of nitrogens with one attached hydrogen (secondary N) is 1. The molecule has 34 heavy (non-hydrogen) atoms. The minimum Gasteiger partial charge on any atom is -0.494 e. The van der Waals surface area contributed by atoms with Gasteiger partial charge >= 0.3 is 0 Å². The fourth-order valence-electron chi connectivity index (χ4n) is 3.68. The Balaban J connectivity index is 1.73. The minimum atomic E-state index is -3.96. The Morgan fingerprint density at radius 1 is 1.21 bits per heavy atom.